The highest BCUT2D eigenvalue weighted by atomic mass is 35.5. The van der Waals surface area contributed by atoms with E-state index in [9.17, 15) is 4.79 Å². The van der Waals surface area contributed by atoms with Crippen molar-refractivity contribution in [3.8, 4) is 11.5 Å². The maximum atomic E-state index is 13.0. The van der Waals surface area contributed by atoms with Crippen molar-refractivity contribution in [3.05, 3.63) is 76.1 Å². The lowest BCUT2D eigenvalue weighted by Crippen LogP contribution is -2.31. The van der Waals surface area contributed by atoms with Crippen LogP contribution < -0.4 is 14.8 Å². The summed E-state index contributed by atoms with van der Waals surface area (Å²) in [4.78, 5) is 13.0. The van der Waals surface area contributed by atoms with Crippen molar-refractivity contribution >= 4 is 17.5 Å². The molecule has 1 atom stereocenters. The molecule has 31 heavy (non-hydrogen) atoms. The summed E-state index contributed by atoms with van der Waals surface area (Å²) < 4.78 is 13.0. The summed E-state index contributed by atoms with van der Waals surface area (Å²) in [5.74, 6) is 0.696. The Morgan fingerprint density at radius 3 is 2.84 bits per heavy atom. The van der Waals surface area contributed by atoms with Gasteiger partial charge < -0.3 is 14.8 Å². The second-order valence-corrected chi connectivity index (χ2v) is 7.94. The zero-order chi connectivity index (χ0) is 21.8. The number of fused-ring (bicyclic) bond motifs is 1. The number of hydrogen-bond donors (Lipinski definition) is 1. The van der Waals surface area contributed by atoms with E-state index in [1.165, 1.54) is 18.4 Å². The first-order valence-corrected chi connectivity index (χ1v) is 10.9. The second-order valence-electron chi connectivity index (χ2n) is 7.53. The highest BCUT2D eigenvalue weighted by Crippen LogP contribution is 2.37. The molecule has 6 nitrogen and oxygen atoms in total. The monoisotopic (exact) mass is 439 g/mol. The Morgan fingerprint density at radius 2 is 2.10 bits per heavy atom. The van der Waals surface area contributed by atoms with Crippen molar-refractivity contribution in [2.24, 2.45) is 0 Å². The van der Waals surface area contributed by atoms with Gasteiger partial charge in [0.2, 0.25) is 0 Å². The van der Waals surface area contributed by atoms with E-state index in [4.69, 9.17) is 21.1 Å². The van der Waals surface area contributed by atoms with Crippen LogP contribution in [0.3, 0.4) is 0 Å². The van der Waals surface area contributed by atoms with Gasteiger partial charge in [-0.1, -0.05) is 41.9 Å². The van der Waals surface area contributed by atoms with Gasteiger partial charge in [0.25, 0.3) is 5.91 Å². The molecule has 3 aromatic rings. The van der Waals surface area contributed by atoms with Gasteiger partial charge in [0, 0.05) is 16.8 Å². The van der Waals surface area contributed by atoms with Crippen LogP contribution in [0.15, 0.2) is 48.7 Å². The summed E-state index contributed by atoms with van der Waals surface area (Å²) in [6.07, 6.45) is 4.70. The molecule has 7 heteroatoms. The molecule has 0 aliphatic heterocycles. The Morgan fingerprint density at radius 1 is 1.29 bits per heavy atom. The molecule has 2 aromatic carbocycles. The Bertz CT molecular complexity index is 1070. The van der Waals surface area contributed by atoms with Crippen LogP contribution in [0.1, 0.15) is 53.0 Å². The lowest BCUT2D eigenvalue weighted by Gasteiger charge is -2.24. The number of nitrogens with one attached hydrogen (secondary N) is 1. The molecule has 1 N–H and O–H groups in total. The van der Waals surface area contributed by atoms with Gasteiger partial charge in [0.05, 0.1) is 37.5 Å². The lowest BCUT2D eigenvalue weighted by molar-refractivity contribution is 0.0932. The number of carbonyl (C=O) groups is 1. The molecule has 1 aromatic heterocycles. The summed E-state index contributed by atoms with van der Waals surface area (Å²) in [5, 5.41) is 8.11. The number of nitrogens with zero attached hydrogens (tertiary/aromatic N) is 2. The van der Waals surface area contributed by atoms with Crippen LogP contribution in [0, 0.1) is 0 Å². The molecule has 0 spiro atoms. The van der Waals surface area contributed by atoms with E-state index in [1.807, 2.05) is 36.0 Å². The van der Waals surface area contributed by atoms with Gasteiger partial charge in [-0.05, 0) is 43.9 Å². The number of carbonyl (C=O) groups excluding carboxylic acids is 1. The number of halogens is 1. The molecule has 0 saturated carbocycles. The van der Waals surface area contributed by atoms with E-state index in [-0.39, 0.29) is 11.9 Å². The van der Waals surface area contributed by atoms with Crippen molar-refractivity contribution in [3.63, 3.8) is 0 Å². The third-order valence-electron chi connectivity index (χ3n) is 5.52. The van der Waals surface area contributed by atoms with E-state index < -0.39 is 0 Å². The number of ether oxygens (including phenoxy) is 2. The van der Waals surface area contributed by atoms with Crippen LogP contribution in [0.4, 0.5) is 0 Å². The van der Waals surface area contributed by atoms with Gasteiger partial charge in [-0.25, -0.2) is 0 Å². The van der Waals surface area contributed by atoms with Crippen LogP contribution in [-0.4, -0.2) is 29.4 Å². The first-order chi connectivity index (χ1) is 15.1. The predicted octanol–water partition coefficient (Wildman–Crippen LogP) is 4.80. The van der Waals surface area contributed by atoms with E-state index >= 15 is 0 Å². The fourth-order valence-corrected chi connectivity index (χ4v) is 4.30. The molecule has 1 aliphatic rings. The average Bonchev–Trinajstić information content (AvgIpc) is 3.19. The largest absolute Gasteiger partial charge is 0.493 e. The number of aromatic nitrogens is 2. The van der Waals surface area contributed by atoms with Crippen LogP contribution in [-0.2, 0) is 13.0 Å². The van der Waals surface area contributed by atoms with Crippen molar-refractivity contribution in [2.75, 3.05) is 13.7 Å². The number of rotatable bonds is 7. The van der Waals surface area contributed by atoms with Crippen LogP contribution >= 0.6 is 11.6 Å². The highest BCUT2D eigenvalue weighted by Gasteiger charge is 2.26. The zero-order valence-electron chi connectivity index (χ0n) is 17.7. The molecule has 162 valence electrons. The minimum Gasteiger partial charge on any atom is -0.493 e. The number of benzene rings is 2. The van der Waals surface area contributed by atoms with E-state index in [1.54, 1.807) is 12.1 Å². The topological polar surface area (TPSA) is 65.4 Å². The minimum absolute atomic E-state index is 0.0860. The predicted molar refractivity (Wildman–Crippen MR) is 120 cm³/mol. The van der Waals surface area contributed by atoms with Crippen molar-refractivity contribution in [1.82, 2.24) is 15.1 Å². The second kappa shape index (κ2) is 9.43. The van der Waals surface area contributed by atoms with Crippen molar-refractivity contribution < 1.29 is 14.3 Å². The quantitative estimate of drug-likeness (QED) is 0.574. The SMILES string of the molecule is CCOc1c(Cl)cc(C(=O)NC2CCCc3c2cnn3Cc2ccccc2)cc1OC. The maximum Gasteiger partial charge on any atom is 0.251 e. The van der Waals surface area contributed by atoms with Gasteiger partial charge in [0.15, 0.2) is 11.5 Å². The molecule has 0 radical (unpaired) electrons. The Kier molecular flexibility index (Phi) is 6.47. The number of amides is 1. The Labute approximate surface area is 187 Å². The third-order valence-corrected chi connectivity index (χ3v) is 5.80. The number of hydrogen-bond acceptors (Lipinski definition) is 4. The summed E-state index contributed by atoms with van der Waals surface area (Å²) in [6.45, 7) is 3.05. The minimum atomic E-state index is -0.197. The van der Waals surface area contributed by atoms with Gasteiger partial charge in [-0.3, -0.25) is 9.48 Å². The molecule has 0 fully saturated rings. The number of methoxy groups -OCH3 is 1. The standard InChI is InChI=1S/C24H26ClN3O3/c1-3-31-23-19(25)12-17(13-22(23)30-2)24(29)27-20-10-7-11-21-18(20)14-26-28(21)15-16-8-5-4-6-9-16/h4-6,8-9,12-14,20H,3,7,10-11,15H2,1-2H3,(H,27,29). The van der Waals surface area contributed by atoms with Crippen molar-refractivity contribution in [1.29, 1.82) is 0 Å². The molecule has 0 bridgehead atoms. The molecular weight excluding hydrogens is 414 g/mol. The molecule has 1 unspecified atom stereocenters. The van der Waals surface area contributed by atoms with E-state index in [0.717, 1.165) is 31.4 Å². The van der Waals surface area contributed by atoms with Crippen LogP contribution in [0.2, 0.25) is 5.02 Å². The van der Waals surface area contributed by atoms with E-state index in [0.29, 0.717) is 28.7 Å². The summed E-state index contributed by atoms with van der Waals surface area (Å²) in [7, 11) is 1.53. The molecule has 0 saturated heterocycles. The normalized spacial score (nSPS) is 15.3. The van der Waals surface area contributed by atoms with Gasteiger partial charge in [-0.15, -0.1) is 0 Å². The molecular formula is C24H26ClN3O3. The molecule has 1 amide bonds. The fourth-order valence-electron chi connectivity index (χ4n) is 4.04. The summed E-state index contributed by atoms with van der Waals surface area (Å²) in [6, 6.07) is 13.5. The maximum absolute atomic E-state index is 13.0. The molecule has 1 heterocycles. The Hall–Kier alpha value is -2.99. The van der Waals surface area contributed by atoms with E-state index in [2.05, 4.69) is 22.5 Å². The average molecular weight is 440 g/mol. The Balaban J connectivity index is 1.54. The first-order valence-electron chi connectivity index (χ1n) is 10.5. The van der Waals surface area contributed by atoms with Gasteiger partial charge in [-0.2, -0.15) is 5.10 Å². The van der Waals surface area contributed by atoms with Gasteiger partial charge >= 0.3 is 0 Å². The van der Waals surface area contributed by atoms with Crippen molar-refractivity contribution in [2.45, 2.75) is 38.8 Å². The first kappa shape index (κ1) is 21.2. The smallest absolute Gasteiger partial charge is 0.251 e. The molecule has 1 aliphatic carbocycles. The summed E-state index contributed by atoms with van der Waals surface area (Å²) in [5.41, 5.74) is 3.91. The molecule has 4 rings (SSSR count). The lowest BCUT2D eigenvalue weighted by atomic mass is 9.92. The van der Waals surface area contributed by atoms with Gasteiger partial charge in [0.1, 0.15) is 0 Å². The van der Waals surface area contributed by atoms with Crippen LogP contribution in [0.25, 0.3) is 0 Å². The summed E-state index contributed by atoms with van der Waals surface area (Å²) >= 11 is 6.34. The third kappa shape index (κ3) is 4.54. The van der Waals surface area contributed by atoms with Crippen LogP contribution in [0.5, 0.6) is 11.5 Å². The fraction of sp³-hybridized carbons (Fsp3) is 0.333. The zero-order valence-corrected chi connectivity index (χ0v) is 18.5. The highest BCUT2D eigenvalue weighted by molar-refractivity contribution is 6.32.